The van der Waals surface area contributed by atoms with Crippen molar-refractivity contribution < 1.29 is 43.7 Å². The standard InChI is InChI=1S/C20H18O8.C15H13N3O/c1-11-3-7-13(8-4-11)19(25)27-15(17(21)22)16(18(23)24)28-20(26)14-9-5-12(2)6-10-14;16-14-15(19)17-12-9-5-4-8-11(12)13(18-14)10-6-2-1-3-7-10/h3-10,15-16H,1-2H3,(H,21,22)(H,23,24);1-9,14H,16H2,(H,17,19)/t15-,16-;14-/m00/s1. The Balaban J connectivity index is 0.000000228. The van der Waals surface area contributed by atoms with Crippen molar-refractivity contribution >= 4 is 41.2 Å². The van der Waals surface area contributed by atoms with Crippen LogP contribution < -0.4 is 11.1 Å². The molecule has 1 amide bonds. The van der Waals surface area contributed by atoms with Crippen LogP contribution in [0.5, 0.6) is 0 Å². The number of nitrogens with two attached hydrogens (primary N) is 1. The van der Waals surface area contributed by atoms with Gasteiger partial charge in [-0.2, -0.15) is 0 Å². The predicted molar refractivity (Wildman–Crippen MR) is 171 cm³/mol. The number of carbonyl (C=O) groups excluding carboxylic acids is 3. The van der Waals surface area contributed by atoms with Crippen LogP contribution >= 0.6 is 0 Å². The number of rotatable bonds is 8. The van der Waals surface area contributed by atoms with E-state index >= 15 is 0 Å². The molecule has 0 aliphatic carbocycles. The van der Waals surface area contributed by atoms with E-state index in [1.165, 1.54) is 24.3 Å². The number of nitrogens with zero attached hydrogens (tertiary/aromatic N) is 1. The number of nitrogens with one attached hydrogen (secondary N) is 1. The van der Waals surface area contributed by atoms with Crippen molar-refractivity contribution in [1.29, 1.82) is 0 Å². The fourth-order valence-electron chi connectivity index (χ4n) is 4.33. The minimum atomic E-state index is -2.22. The molecule has 1 aliphatic rings. The minimum Gasteiger partial charge on any atom is -0.478 e. The molecular formula is C35H31N3O9. The number of esters is 2. The first-order valence-corrected chi connectivity index (χ1v) is 14.2. The summed E-state index contributed by atoms with van der Waals surface area (Å²) in [4.78, 5) is 63.5. The Labute approximate surface area is 269 Å². The summed E-state index contributed by atoms with van der Waals surface area (Å²) >= 11 is 0. The van der Waals surface area contributed by atoms with Crippen molar-refractivity contribution in [2.24, 2.45) is 10.7 Å². The molecule has 0 saturated heterocycles. The Morgan fingerprint density at radius 3 is 1.62 bits per heavy atom. The van der Waals surface area contributed by atoms with Gasteiger partial charge >= 0.3 is 23.9 Å². The second-order valence-corrected chi connectivity index (χ2v) is 10.4. The van der Waals surface area contributed by atoms with Crippen LogP contribution in [0.3, 0.4) is 0 Å². The van der Waals surface area contributed by atoms with E-state index < -0.39 is 42.3 Å². The van der Waals surface area contributed by atoms with Gasteiger partial charge in [-0.05, 0) is 44.2 Å². The zero-order valence-corrected chi connectivity index (χ0v) is 25.3. The maximum Gasteiger partial charge on any atom is 0.349 e. The Hall–Kier alpha value is -6.14. The molecule has 47 heavy (non-hydrogen) atoms. The van der Waals surface area contributed by atoms with E-state index in [9.17, 15) is 34.2 Å². The number of carboxylic acids is 2. The van der Waals surface area contributed by atoms with Crippen LogP contribution in [0, 0.1) is 13.8 Å². The lowest BCUT2D eigenvalue weighted by atomic mass is 10.0. The van der Waals surface area contributed by atoms with Crippen LogP contribution in [-0.2, 0) is 23.9 Å². The summed E-state index contributed by atoms with van der Waals surface area (Å²) in [5.74, 6) is -5.91. The number of fused-ring (bicyclic) bond motifs is 1. The van der Waals surface area contributed by atoms with Crippen molar-refractivity contribution in [2.45, 2.75) is 32.2 Å². The second-order valence-electron chi connectivity index (χ2n) is 10.4. The molecule has 0 saturated carbocycles. The highest BCUT2D eigenvalue weighted by atomic mass is 16.6. The van der Waals surface area contributed by atoms with Gasteiger partial charge in [0.15, 0.2) is 6.17 Å². The summed E-state index contributed by atoms with van der Waals surface area (Å²) in [6.07, 6.45) is -5.33. The third-order valence-corrected chi connectivity index (χ3v) is 6.83. The van der Waals surface area contributed by atoms with Crippen LogP contribution in [0.25, 0.3) is 0 Å². The lowest BCUT2D eigenvalue weighted by Gasteiger charge is -2.21. The van der Waals surface area contributed by atoms with Gasteiger partial charge in [-0.1, -0.05) is 83.9 Å². The number of carbonyl (C=O) groups is 5. The Kier molecular flexibility index (Phi) is 10.9. The third-order valence-electron chi connectivity index (χ3n) is 6.83. The molecule has 0 spiro atoms. The number of anilines is 1. The fraction of sp³-hybridized carbons (Fsp3) is 0.143. The van der Waals surface area contributed by atoms with Crippen LogP contribution in [0.15, 0.2) is 108 Å². The zero-order chi connectivity index (χ0) is 34.1. The Morgan fingerprint density at radius 1 is 0.702 bits per heavy atom. The Morgan fingerprint density at radius 2 is 1.15 bits per heavy atom. The van der Waals surface area contributed by atoms with E-state index in [2.05, 4.69) is 10.3 Å². The number of aryl methyl sites for hydroxylation is 2. The highest BCUT2D eigenvalue weighted by Crippen LogP contribution is 2.23. The number of amides is 1. The number of benzodiazepines with no additional fused rings is 1. The van der Waals surface area contributed by atoms with E-state index in [1.54, 1.807) is 38.1 Å². The van der Waals surface area contributed by atoms with Gasteiger partial charge in [0.1, 0.15) is 0 Å². The zero-order valence-electron chi connectivity index (χ0n) is 25.3. The van der Waals surface area contributed by atoms with E-state index in [1.807, 2.05) is 54.6 Å². The molecule has 4 aromatic rings. The molecule has 0 fully saturated rings. The summed E-state index contributed by atoms with van der Waals surface area (Å²) < 4.78 is 9.64. The predicted octanol–water partition coefficient (Wildman–Crippen LogP) is 3.98. The van der Waals surface area contributed by atoms with E-state index in [4.69, 9.17) is 15.2 Å². The highest BCUT2D eigenvalue weighted by molar-refractivity contribution is 6.19. The number of ether oxygens (including phenoxy) is 2. The molecule has 12 heteroatoms. The molecule has 3 atom stereocenters. The van der Waals surface area contributed by atoms with E-state index in [0.717, 1.165) is 33.7 Å². The monoisotopic (exact) mass is 637 g/mol. The van der Waals surface area contributed by atoms with Crippen LogP contribution in [-0.4, -0.2) is 64.1 Å². The number of para-hydroxylation sites is 1. The van der Waals surface area contributed by atoms with Crippen molar-refractivity contribution in [3.8, 4) is 0 Å². The van der Waals surface area contributed by atoms with Crippen LogP contribution in [0.2, 0.25) is 0 Å². The van der Waals surface area contributed by atoms with Gasteiger partial charge in [0.25, 0.3) is 5.91 Å². The third kappa shape index (κ3) is 8.74. The Bertz CT molecular complexity index is 1730. The summed E-state index contributed by atoms with van der Waals surface area (Å²) in [5, 5.41) is 21.4. The number of hydrogen-bond donors (Lipinski definition) is 4. The topological polar surface area (TPSA) is 195 Å². The van der Waals surface area contributed by atoms with Crippen molar-refractivity contribution in [2.75, 3.05) is 5.32 Å². The molecule has 0 aromatic heterocycles. The largest absolute Gasteiger partial charge is 0.478 e. The number of aliphatic imine (C=N–C) groups is 1. The maximum absolute atomic E-state index is 12.2. The molecule has 1 aliphatic heterocycles. The summed E-state index contributed by atoms with van der Waals surface area (Å²) in [6, 6.07) is 29.4. The lowest BCUT2D eigenvalue weighted by Crippen LogP contribution is -2.45. The molecule has 12 nitrogen and oxygen atoms in total. The number of aliphatic carboxylic acids is 2. The fourth-order valence-corrected chi connectivity index (χ4v) is 4.33. The molecule has 240 valence electrons. The summed E-state index contributed by atoms with van der Waals surface area (Å²) in [6.45, 7) is 3.58. The highest BCUT2D eigenvalue weighted by Gasteiger charge is 2.41. The molecule has 0 radical (unpaired) electrons. The molecule has 5 rings (SSSR count). The number of benzene rings is 4. The van der Waals surface area contributed by atoms with Crippen molar-refractivity contribution in [3.63, 3.8) is 0 Å². The average Bonchev–Trinajstić information content (AvgIpc) is 3.18. The normalized spacial score (nSPS) is 14.7. The quantitative estimate of drug-likeness (QED) is 0.205. The van der Waals surface area contributed by atoms with E-state index in [0.29, 0.717) is 0 Å². The first-order valence-electron chi connectivity index (χ1n) is 14.2. The van der Waals surface area contributed by atoms with Gasteiger partial charge in [0.05, 0.1) is 22.5 Å². The number of hydrogen-bond acceptors (Lipinski definition) is 9. The average molecular weight is 638 g/mol. The van der Waals surface area contributed by atoms with Crippen molar-refractivity contribution in [1.82, 2.24) is 0 Å². The van der Waals surface area contributed by atoms with Gasteiger partial charge in [0, 0.05) is 11.1 Å². The van der Waals surface area contributed by atoms with Crippen LogP contribution in [0.4, 0.5) is 5.69 Å². The molecule has 4 aromatic carbocycles. The lowest BCUT2D eigenvalue weighted by molar-refractivity contribution is -0.166. The van der Waals surface area contributed by atoms with Gasteiger partial charge in [-0.15, -0.1) is 0 Å². The van der Waals surface area contributed by atoms with Crippen LogP contribution in [0.1, 0.15) is 43.0 Å². The molecule has 0 bridgehead atoms. The number of carboxylic acid groups (broad SMARTS) is 2. The molecule has 5 N–H and O–H groups in total. The summed E-state index contributed by atoms with van der Waals surface area (Å²) in [5.41, 5.74) is 10.9. The smallest absolute Gasteiger partial charge is 0.349 e. The molecular weight excluding hydrogens is 606 g/mol. The van der Waals surface area contributed by atoms with Gasteiger partial charge < -0.3 is 30.7 Å². The van der Waals surface area contributed by atoms with Gasteiger partial charge in [0.2, 0.25) is 12.2 Å². The van der Waals surface area contributed by atoms with Crippen molar-refractivity contribution in [3.05, 3.63) is 137 Å². The minimum absolute atomic E-state index is 0.0332. The molecule has 1 heterocycles. The molecule has 0 unspecified atom stereocenters. The van der Waals surface area contributed by atoms with Gasteiger partial charge in [-0.25, -0.2) is 19.2 Å². The van der Waals surface area contributed by atoms with E-state index in [-0.39, 0.29) is 17.0 Å². The second kappa shape index (κ2) is 15.2. The first-order chi connectivity index (χ1) is 22.4. The summed E-state index contributed by atoms with van der Waals surface area (Å²) in [7, 11) is 0. The SMILES string of the molecule is Cc1ccc(C(=O)O[C@H](C(=O)O)[C@H](OC(=O)c2ccc(C)cc2)C(=O)O)cc1.N[C@H]1N=C(c2ccccc2)c2ccccc2NC1=O. The van der Waals surface area contributed by atoms with Gasteiger partial charge in [-0.3, -0.25) is 9.79 Å². The first kappa shape index (κ1) is 33.7. The maximum atomic E-state index is 12.2.